The molecule has 0 radical (unpaired) electrons. The number of aliphatic hydroxyl groups is 1. The fourth-order valence-corrected chi connectivity index (χ4v) is 2.86. The molecule has 1 amide bonds. The summed E-state index contributed by atoms with van der Waals surface area (Å²) in [4.78, 5) is 13.9. The lowest BCUT2D eigenvalue weighted by atomic mass is 9.94. The van der Waals surface area contributed by atoms with Crippen LogP contribution in [0, 0.1) is 11.8 Å². The molecule has 2 rings (SSSR count). The molecule has 0 spiro atoms. The molecule has 2 heterocycles. The second-order valence-corrected chi connectivity index (χ2v) is 5.43. The lowest BCUT2D eigenvalue weighted by molar-refractivity contribution is -0.130. The average molecular weight is 240 g/mol. The van der Waals surface area contributed by atoms with Gasteiger partial charge in [-0.2, -0.15) is 0 Å². The molecule has 4 nitrogen and oxygen atoms in total. The number of rotatable bonds is 4. The van der Waals surface area contributed by atoms with Gasteiger partial charge in [0.15, 0.2) is 0 Å². The summed E-state index contributed by atoms with van der Waals surface area (Å²) >= 11 is 0. The zero-order chi connectivity index (χ0) is 12.1. The number of hydrogen-bond acceptors (Lipinski definition) is 3. The maximum absolute atomic E-state index is 12.0. The Balaban J connectivity index is 1.66. The Morgan fingerprint density at radius 1 is 1.35 bits per heavy atom. The smallest absolute Gasteiger partial charge is 0.222 e. The molecular weight excluding hydrogens is 216 g/mol. The number of carbonyl (C=O) groups excluding carboxylic acids is 1. The Morgan fingerprint density at radius 3 is 2.88 bits per heavy atom. The summed E-state index contributed by atoms with van der Waals surface area (Å²) in [7, 11) is 0. The van der Waals surface area contributed by atoms with Crippen molar-refractivity contribution < 1.29 is 9.90 Å². The molecule has 0 saturated carbocycles. The molecule has 2 saturated heterocycles. The number of amides is 1. The molecule has 2 aliphatic heterocycles. The topological polar surface area (TPSA) is 52.6 Å². The number of carbonyl (C=O) groups is 1. The van der Waals surface area contributed by atoms with Crippen LogP contribution in [0.15, 0.2) is 0 Å². The number of nitrogens with zero attached hydrogens (tertiary/aromatic N) is 1. The highest BCUT2D eigenvalue weighted by molar-refractivity contribution is 5.76. The lowest BCUT2D eigenvalue weighted by Crippen LogP contribution is -2.32. The summed E-state index contributed by atoms with van der Waals surface area (Å²) in [6.45, 7) is 4.03. The average Bonchev–Trinajstić information content (AvgIpc) is 2.86. The van der Waals surface area contributed by atoms with E-state index in [2.05, 4.69) is 5.32 Å². The third kappa shape index (κ3) is 3.68. The highest BCUT2D eigenvalue weighted by atomic mass is 16.3. The molecule has 0 aromatic heterocycles. The Morgan fingerprint density at radius 2 is 2.24 bits per heavy atom. The monoisotopic (exact) mass is 240 g/mol. The van der Waals surface area contributed by atoms with Crippen molar-refractivity contribution in [3.8, 4) is 0 Å². The highest BCUT2D eigenvalue weighted by Gasteiger charge is 2.25. The van der Waals surface area contributed by atoms with Gasteiger partial charge in [-0.15, -0.1) is 0 Å². The molecule has 2 fully saturated rings. The predicted octanol–water partition coefficient (Wildman–Crippen LogP) is 0.607. The maximum Gasteiger partial charge on any atom is 0.222 e. The Kier molecular flexibility index (Phi) is 4.80. The summed E-state index contributed by atoms with van der Waals surface area (Å²) < 4.78 is 0. The van der Waals surface area contributed by atoms with Crippen LogP contribution in [0.2, 0.25) is 0 Å². The molecule has 2 unspecified atom stereocenters. The largest absolute Gasteiger partial charge is 0.396 e. The third-order valence-electron chi connectivity index (χ3n) is 4.06. The fourth-order valence-electron chi connectivity index (χ4n) is 2.86. The molecule has 4 heteroatoms. The van der Waals surface area contributed by atoms with Crippen LogP contribution >= 0.6 is 0 Å². The second kappa shape index (κ2) is 6.36. The van der Waals surface area contributed by atoms with Crippen LogP contribution in [-0.4, -0.2) is 48.7 Å². The highest BCUT2D eigenvalue weighted by Crippen LogP contribution is 2.20. The third-order valence-corrected chi connectivity index (χ3v) is 4.06. The first-order chi connectivity index (χ1) is 8.29. The van der Waals surface area contributed by atoms with E-state index in [1.807, 2.05) is 4.90 Å². The molecule has 2 atom stereocenters. The predicted molar refractivity (Wildman–Crippen MR) is 66.6 cm³/mol. The number of aliphatic hydroxyl groups excluding tert-OH is 1. The first-order valence-electron chi connectivity index (χ1n) is 6.89. The number of piperidine rings is 1. The molecule has 0 bridgehead atoms. The van der Waals surface area contributed by atoms with Gasteiger partial charge in [-0.1, -0.05) is 0 Å². The van der Waals surface area contributed by atoms with E-state index < -0.39 is 0 Å². The van der Waals surface area contributed by atoms with Crippen molar-refractivity contribution in [3.05, 3.63) is 0 Å². The van der Waals surface area contributed by atoms with E-state index in [0.29, 0.717) is 18.3 Å². The van der Waals surface area contributed by atoms with E-state index in [-0.39, 0.29) is 12.5 Å². The molecule has 2 aliphatic rings. The van der Waals surface area contributed by atoms with Crippen LogP contribution < -0.4 is 5.32 Å². The van der Waals surface area contributed by atoms with Crippen molar-refractivity contribution >= 4 is 5.91 Å². The van der Waals surface area contributed by atoms with Crippen LogP contribution in [0.3, 0.4) is 0 Å². The van der Waals surface area contributed by atoms with Crippen molar-refractivity contribution in [1.82, 2.24) is 10.2 Å². The minimum atomic E-state index is 0.219. The van der Waals surface area contributed by atoms with E-state index in [4.69, 9.17) is 5.11 Å². The van der Waals surface area contributed by atoms with E-state index in [1.165, 1.54) is 12.8 Å². The Bertz CT molecular complexity index is 252. The minimum Gasteiger partial charge on any atom is -0.396 e. The molecule has 17 heavy (non-hydrogen) atoms. The van der Waals surface area contributed by atoms with Crippen LogP contribution in [0.5, 0.6) is 0 Å². The normalized spacial score (nSPS) is 29.6. The fraction of sp³-hybridized carbons (Fsp3) is 0.923. The summed E-state index contributed by atoms with van der Waals surface area (Å²) in [5.41, 5.74) is 0. The van der Waals surface area contributed by atoms with E-state index in [9.17, 15) is 4.79 Å². The molecule has 0 aliphatic carbocycles. The molecule has 0 aromatic rings. The molecule has 0 aromatic carbocycles. The van der Waals surface area contributed by atoms with Gasteiger partial charge in [-0.25, -0.2) is 0 Å². The van der Waals surface area contributed by atoms with Gasteiger partial charge >= 0.3 is 0 Å². The van der Waals surface area contributed by atoms with Crippen LogP contribution in [0.4, 0.5) is 0 Å². The van der Waals surface area contributed by atoms with Crippen molar-refractivity contribution in [2.45, 2.75) is 32.1 Å². The second-order valence-electron chi connectivity index (χ2n) is 5.43. The molecule has 2 N–H and O–H groups in total. The summed E-state index contributed by atoms with van der Waals surface area (Å²) in [5.74, 6) is 1.28. The van der Waals surface area contributed by atoms with E-state index in [0.717, 1.165) is 39.0 Å². The lowest BCUT2D eigenvalue weighted by Gasteiger charge is -2.23. The first-order valence-corrected chi connectivity index (χ1v) is 6.89. The van der Waals surface area contributed by atoms with E-state index in [1.54, 1.807) is 0 Å². The number of likely N-dealkylation sites (tertiary alicyclic amines) is 1. The molecular formula is C13H24N2O2. The van der Waals surface area contributed by atoms with Gasteiger partial charge in [0.25, 0.3) is 0 Å². The van der Waals surface area contributed by atoms with Gasteiger partial charge in [0.1, 0.15) is 0 Å². The van der Waals surface area contributed by atoms with Crippen molar-refractivity contribution in [2.75, 3.05) is 32.8 Å². The van der Waals surface area contributed by atoms with Gasteiger partial charge in [0.05, 0.1) is 0 Å². The van der Waals surface area contributed by atoms with Crippen molar-refractivity contribution in [2.24, 2.45) is 11.8 Å². The van der Waals surface area contributed by atoms with Gasteiger partial charge in [-0.05, 0) is 44.7 Å². The van der Waals surface area contributed by atoms with Gasteiger partial charge < -0.3 is 15.3 Å². The van der Waals surface area contributed by atoms with Crippen LogP contribution in [-0.2, 0) is 4.79 Å². The van der Waals surface area contributed by atoms with Crippen LogP contribution in [0.25, 0.3) is 0 Å². The number of hydrogen-bond donors (Lipinski definition) is 2. The maximum atomic E-state index is 12.0. The van der Waals surface area contributed by atoms with Crippen molar-refractivity contribution in [3.63, 3.8) is 0 Å². The minimum absolute atomic E-state index is 0.219. The number of nitrogens with one attached hydrogen (secondary N) is 1. The zero-order valence-corrected chi connectivity index (χ0v) is 10.5. The molecule has 98 valence electrons. The SMILES string of the molecule is O=C(CCC1CCCNC1)N1CCC(CO)C1. The summed E-state index contributed by atoms with van der Waals surface area (Å²) in [6, 6.07) is 0. The quantitative estimate of drug-likeness (QED) is 0.757. The van der Waals surface area contributed by atoms with Crippen LogP contribution in [0.1, 0.15) is 32.1 Å². The van der Waals surface area contributed by atoms with E-state index >= 15 is 0 Å². The van der Waals surface area contributed by atoms with Gasteiger partial charge in [0.2, 0.25) is 5.91 Å². The first kappa shape index (κ1) is 12.8. The standard InChI is InChI=1S/C13H24N2O2/c16-10-12-5-7-15(9-12)13(17)4-3-11-2-1-6-14-8-11/h11-12,14,16H,1-10H2. The van der Waals surface area contributed by atoms with Gasteiger partial charge in [-0.3, -0.25) is 4.79 Å². The summed E-state index contributed by atoms with van der Waals surface area (Å²) in [6.07, 6.45) is 5.18. The summed E-state index contributed by atoms with van der Waals surface area (Å²) in [5, 5.41) is 12.4. The van der Waals surface area contributed by atoms with Gasteiger partial charge in [0, 0.05) is 32.0 Å². The zero-order valence-electron chi connectivity index (χ0n) is 10.5. The van der Waals surface area contributed by atoms with Crippen molar-refractivity contribution in [1.29, 1.82) is 0 Å². The Hall–Kier alpha value is -0.610. The Labute approximate surface area is 103 Å².